The highest BCUT2D eigenvalue weighted by molar-refractivity contribution is 7.87. The monoisotopic (exact) mass is 387 g/mol. The number of benzene rings is 1. The fraction of sp³-hybridized carbons (Fsp3) is 0.500. The zero-order valence-electron chi connectivity index (χ0n) is 15.3. The van der Waals surface area contributed by atoms with E-state index in [1.165, 1.54) is 31.2 Å². The first-order chi connectivity index (χ1) is 12.1. The average molecular weight is 387 g/mol. The van der Waals surface area contributed by atoms with Gasteiger partial charge in [-0.15, -0.1) is 0 Å². The van der Waals surface area contributed by atoms with Gasteiger partial charge in [-0.1, -0.05) is 13.0 Å². The number of urea groups is 1. The van der Waals surface area contributed by atoms with Gasteiger partial charge in [0.05, 0.1) is 12.8 Å². The molecule has 0 saturated carbocycles. The zero-order chi connectivity index (χ0) is 19.9. The molecule has 1 atom stereocenters. The third-order valence-corrected chi connectivity index (χ3v) is 4.34. The van der Waals surface area contributed by atoms with E-state index in [1.807, 2.05) is 11.6 Å². The molecule has 3 amide bonds. The van der Waals surface area contributed by atoms with E-state index in [-0.39, 0.29) is 36.2 Å². The highest BCUT2D eigenvalue weighted by atomic mass is 32.2. The van der Waals surface area contributed by atoms with Crippen molar-refractivity contribution in [2.24, 2.45) is 0 Å². The zero-order valence-corrected chi connectivity index (χ0v) is 16.1. The summed E-state index contributed by atoms with van der Waals surface area (Å²) in [5.74, 6) is -0.108. The lowest BCUT2D eigenvalue weighted by Crippen LogP contribution is -2.47. The normalized spacial score (nSPS) is 12.2. The summed E-state index contributed by atoms with van der Waals surface area (Å²) in [6, 6.07) is 3.96. The molecule has 1 rings (SSSR count). The molecular weight excluding hydrogens is 362 g/mol. The van der Waals surface area contributed by atoms with Gasteiger partial charge in [0.25, 0.3) is 0 Å². The van der Waals surface area contributed by atoms with E-state index in [4.69, 9.17) is 9.29 Å². The lowest BCUT2D eigenvalue weighted by atomic mass is 10.1. The summed E-state index contributed by atoms with van der Waals surface area (Å²) in [5.41, 5.74) is 0.705. The molecule has 0 bridgehead atoms. The highest BCUT2D eigenvalue weighted by Gasteiger charge is 2.24. The Kier molecular flexibility index (Phi) is 7.84. The van der Waals surface area contributed by atoms with E-state index in [0.29, 0.717) is 12.0 Å². The number of ether oxygens (including phenoxy) is 1. The van der Waals surface area contributed by atoms with Crippen molar-refractivity contribution in [1.82, 2.24) is 10.2 Å². The van der Waals surface area contributed by atoms with Gasteiger partial charge < -0.3 is 10.1 Å². The number of hydrogen-bond acceptors (Lipinski definition) is 5. The Bertz CT molecular complexity index is 750. The van der Waals surface area contributed by atoms with Crippen LogP contribution in [0.15, 0.2) is 18.2 Å². The van der Waals surface area contributed by atoms with E-state index in [9.17, 15) is 18.0 Å². The number of rotatable bonds is 8. The maximum absolute atomic E-state index is 12.4. The van der Waals surface area contributed by atoms with Gasteiger partial charge >= 0.3 is 16.3 Å². The summed E-state index contributed by atoms with van der Waals surface area (Å²) in [6.45, 7) is 3.67. The number of carbonyl (C=O) groups excluding carboxylic acids is 2. The van der Waals surface area contributed by atoms with Crippen LogP contribution < -0.4 is 14.8 Å². The maximum Gasteiger partial charge on any atom is 0.357 e. The van der Waals surface area contributed by atoms with Crippen LogP contribution in [0.2, 0.25) is 0 Å². The lowest BCUT2D eigenvalue weighted by Gasteiger charge is -2.26. The molecule has 0 aliphatic rings. The number of imide groups is 1. The molecule has 0 radical (unpaired) electrons. The Hall–Kier alpha value is -2.33. The van der Waals surface area contributed by atoms with Crippen molar-refractivity contribution in [2.75, 3.05) is 18.9 Å². The number of methoxy groups -OCH3 is 1. The van der Waals surface area contributed by atoms with Crippen molar-refractivity contribution >= 4 is 27.9 Å². The van der Waals surface area contributed by atoms with Gasteiger partial charge in [-0.3, -0.25) is 19.0 Å². The Morgan fingerprint density at radius 2 is 2.00 bits per heavy atom. The molecule has 10 heteroatoms. The average Bonchev–Trinajstić information content (AvgIpc) is 2.58. The Balaban J connectivity index is 2.93. The van der Waals surface area contributed by atoms with Gasteiger partial charge in [-0.25, -0.2) is 4.79 Å². The van der Waals surface area contributed by atoms with E-state index in [1.54, 1.807) is 13.0 Å². The lowest BCUT2D eigenvalue weighted by molar-refractivity contribution is -0.129. The number of nitrogens with one attached hydrogen (secondary N) is 2. The molecule has 3 N–H and O–H groups in total. The summed E-state index contributed by atoms with van der Waals surface area (Å²) in [7, 11) is -1.64. The minimum atomic E-state index is -4.46. The second-order valence-corrected chi connectivity index (χ2v) is 6.84. The van der Waals surface area contributed by atoms with Gasteiger partial charge in [0.1, 0.15) is 5.75 Å². The van der Waals surface area contributed by atoms with E-state index in [0.717, 1.165) is 0 Å². The molecule has 0 aliphatic heterocycles. The molecular formula is C16H25N3O6S. The summed E-state index contributed by atoms with van der Waals surface area (Å²) >= 11 is 0. The van der Waals surface area contributed by atoms with Crippen molar-refractivity contribution in [3.05, 3.63) is 23.8 Å². The topological polar surface area (TPSA) is 125 Å². The van der Waals surface area contributed by atoms with Crippen LogP contribution in [-0.4, -0.2) is 50.0 Å². The predicted octanol–water partition coefficient (Wildman–Crippen LogP) is 1.81. The molecule has 1 aromatic carbocycles. The van der Waals surface area contributed by atoms with Crippen LogP contribution in [0.1, 0.15) is 32.3 Å². The fourth-order valence-electron chi connectivity index (χ4n) is 2.36. The van der Waals surface area contributed by atoms with Gasteiger partial charge in [0.2, 0.25) is 5.91 Å². The molecule has 0 aliphatic carbocycles. The molecule has 26 heavy (non-hydrogen) atoms. The predicted molar refractivity (Wildman–Crippen MR) is 97.5 cm³/mol. The maximum atomic E-state index is 12.4. The van der Waals surface area contributed by atoms with Crippen molar-refractivity contribution in [1.29, 1.82) is 0 Å². The van der Waals surface area contributed by atoms with Crippen LogP contribution >= 0.6 is 0 Å². The first kappa shape index (κ1) is 21.7. The van der Waals surface area contributed by atoms with Crippen LogP contribution in [-0.2, 0) is 21.5 Å². The van der Waals surface area contributed by atoms with Crippen LogP contribution in [0.25, 0.3) is 0 Å². The van der Waals surface area contributed by atoms with Gasteiger partial charge in [0.15, 0.2) is 0 Å². The molecule has 0 saturated heterocycles. The van der Waals surface area contributed by atoms with Crippen LogP contribution in [0.4, 0.5) is 10.5 Å². The van der Waals surface area contributed by atoms with Gasteiger partial charge in [-0.05, 0) is 37.5 Å². The molecule has 0 heterocycles. The Morgan fingerprint density at radius 3 is 2.50 bits per heavy atom. The van der Waals surface area contributed by atoms with Crippen LogP contribution in [0.3, 0.4) is 0 Å². The van der Waals surface area contributed by atoms with Crippen molar-refractivity contribution in [2.45, 2.75) is 39.2 Å². The van der Waals surface area contributed by atoms with Crippen LogP contribution in [0.5, 0.6) is 5.75 Å². The first-order valence-corrected chi connectivity index (χ1v) is 9.52. The van der Waals surface area contributed by atoms with Crippen LogP contribution in [0, 0.1) is 0 Å². The first-order valence-electron chi connectivity index (χ1n) is 8.08. The van der Waals surface area contributed by atoms with Crippen molar-refractivity contribution < 1.29 is 27.3 Å². The van der Waals surface area contributed by atoms with E-state index in [2.05, 4.69) is 5.32 Å². The van der Waals surface area contributed by atoms with Gasteiger partial charge in [0, 0.05) is 19.5 Å². The second-order valence-electron chi connectivity index (χ2n) is 5.69. The minimum Gasteiger partial charge on any atom is -0.495 e. The molecule has 0 aromatic heterocycles. The smallest absolute Gasteiger partial charge is 0.357 e. The molecule has 9 nitrogen and oxygen atoms in total. The Morgan fingerprint density at radius 1 is 1.35 bits per heavy atom. The minimum absolute atomic E-state index is 0.0602. The third kappa shape index (κ3) is 6.19. The number of amides is 3. The molecule has 0 spiro atoms. The summed E-state index contributed by atoms with van der Waals surface area (Å²) in [5, 5.41) is 2.45. The van der Waals surface area contributed by atoms with Gasteiger partial charge in [-0.2, -0.15) is 8.42 Å². The number of aryl methyl sites for hydroxylation is 1. The second kappa shape index (κ2) is 9.39. The SMILES string of the molecule is CCC(C)N(C(=O)CCc1ccc(OC)c(NS(=O)(=O)O)c1)C(=O)NC. The molecule has 1 unspecified atom stereocenters. The molecule has 0 fully saturated rings. The number of hydrogen-bond donors (Lipinski definition) is 3. The van der Waals surface area contributed by atoms with Crippen molar-refractivity contribution in [3.63, 3.8) is 0 Å². The summed E-state index contributed by atoms with van der Waals surface area (Å²) < 4.78 is 38.0. The van der Waals surface area contributed by atoms with Crippen molar-refractivity contribution in [3.8, 4) is 5.75 Å². The largest absolute Gasteiger partial charge is 0.495 e. The number of carbonyl (C=O) groups is 2. The highest BCUT2D eigenvalue weighted by Crippen LogP contribution is 2.27. The molecule has 1 aromatic rings. The van der Waals surface area contributed by atoms with E-state index >= 15 is 0 Å². The molecule has 146 valence electrons. The quantitative estimate of drug-likeness (QED) is 0.584. The summed E-state index contributed by atoms with van der Waals surface area (Å²) in [4.78, 5) is 25.6. The van der Waals surface area contributed by atoms with E-state index < -0.39 is 16.3 Å². The number of anilines is 1. The fourth-order valence-corrected chi connectivity index (χ4v) is 2.80. The standard InChI is InChI=1S/C16H25N3O6S/c1-5-11(2)19(16(21)17-3)15(20)9-7-12-6-8-14(25-4)13(10-12)18-26(22,23)24/h6,8,10-11,18H,5,7,9H2,1-4H3,(H,17,21)(H,22,23,24). The summed E-state index contributed by atoms with van der Waals surface area (Å²) in [6.07, 6.45) is 0.979. The Labute approximate surface area is 153 Å². The number of nitrogens with zero attached hydrogens (tertiary/aromatic N) is 1. The third-order valence-electron chi connectivity index (χ3n) is 3.86.